The van der Waals surface area contributed by atoms with E-state index < -0.39 is 6.10 Å². The predicted molar refractivity (Wildman–Crippen MR) is 96.3 cm³/mol. The lowest BCUT2D eigenvalue weighted by molar-refractivity contribution is -0.146. The van der Waals surface area contributed by atoms with Crippen LogP contribution in [0.25, 0.3) is 0 Å². The Labute approximate surface area is 145 Å². The largest absolute Gasteiger partial charge is 0.507 e. The lowest BCUT2D eigenvalue weighted by Crippen LogP contribution is -2.17. The summed E-state index contributed by atoms with van der Waals surface area (Å²) in [5.74, 6) is 0.0104. The van der Waals surface area contributed by atoms with Crippen molar-refractivity contribution in [3.8, 4) is 5.75 Å². The molecule has 0 fully saturated rings. The summed E-state index contributed by atoms with van der Waals surface area (Å²) in [6, 6.07) is 3.79. The van der Waals surface area contributed by atoms with Crippen molar-refractivity contribution in [3.05, 3.63) is 41.5 Å². The monoisotopic (exact) mass is 334 g/mol. The molecule has 0 amide bonds. The zero-order chi connectivity index (χ0) is 18.3. The molecule has 1 rings (SSSR count). The molecule has 4 heteroatoms. The molecule has 0 aliphatic rings. The Morgan fingerprint density at radius 1 is 1.38 bits per heavy atom. The number of rotatable bonds is 8. The van der Waals surface area contributed by atoms with E-state index in [-0.39, 0.29) is 17.8 Å². The van der Waals surface area contributed by atoms with Crippen molar-refractivity contribution in [2.45, 2.75) is 59.0 Å². The van der Waals surface area contributed by atoms with E-state index in [4.69, 9.17) is 9.47 Å². The topological polar surface area (TPSA) is 55.8 Å². The zero-order valence-corrected chi connectivity index (χ0v) is 15.5. The molecule has 134 valence electrons. The molecule has 0 aliphatic carbocycles. The maximum absolute atomic E-state index is 12.0. The first-order valence-electron chi connectivity index (χ1n) is 8.42. The molecule has 0 aromatic heterocycles. The summed E-state index contributed by atoms with van der Waals surface area (Å²) in [7, 11) is 0. The van der Waals surface area contributed by atoms with Gasteiger partial charge in [-0.25, -0.2) is 0 Å². The number of aromatic hydroxyl groups is 1. The third kappa shape index (κ3) is 5.68. The van der Waals surface area contributed by atoms with Crippen LogP contribution in [0, 0.1) is 6.92 Å². The summed E-state index contributed by atoms with van der Waals surface area (Å²) in [5.41, 5.74) is 2.26. The number of hydrogen-bond donors (Lipinski definition) is 1. The summed E-state index contributed by atoms with van der Waals surface area (Å²) in [6.07, 6.45) is 2.16. The van der Waals surface area contributed by atoms with Gasteiger partial charge in [-0.1, -0.05) is 33.8 Å². The molecule has 24 heavy (non-hydrogen) atoms. The summed E-state index contributed by atoms with van der Waals surface area (Å²) in [6.45, 7) is 14.4. The minimum atomic E-state index is -0.423. The Morgan fingerprint density at radius 3 is 2.58 bits per heavy atom. The van der Waals surface area contributed by atoms with Gasteiger partial charge in [-0.3, -0.25) is 4.79 Å². The summed E-state index contributed by atoms with van der Waals surface area (Å²) in [4.78, 5) is 12.0. The Bertz CT molecular complexity index is 570. The van der Waals surface area contributed by atoms with Crippen LogP contribution < -0.4 is 0 Å². The number of carbonyl (C=O) groups is 1. The molecular weight excluding hydrogens is 304 g/mol. The highest BCUT2D eigenvalue weighted by atomic mass is 16.5. The summed E-state index contributed by atoms with van der Waals surface area (Å²) in [5, 5.41) is 10.4. The van der Waals surface area contributed by atoms with Crippen LogP contribution >= 0.6 is 0 Å². The fourth-order valence-corrected chi connectivity index (χ4v) is 2.45. The fraction of sp³-hybridized carbons (Fsp3) is 0.550. The van der Waals surface area contributed by atoms with E-state index in [1.165, 1.54) is 0 Å². The third-order valence-electron chi connectivity index (χ3n) is 3.74. The van der Waals surface area contributed by atoms with Crippen molar-refractivity contribution in [2.24, 2.45) is 0 Å². The van der Waals surface area contributed by atoms with Crippen LogP contribution in [0.5, 0.6) is 5.75 Å². The van der Waals surface area contributed by atoms with Gasteiger partial charge in [0.05, 0.1) is 25.7 Å². The van der Waals surface area contributed by atoms with Crippen LogP contribution in [0.4, 0.5) is 0 Å². The molecule has 0 bridgehead atoms. The zero-order valence-electron chi connectivity index (χ0n) is 15.5. The minimum absolute atomic E-state index is 0.141. The first-order valence-corrected chi connectivity index (χ1v) is 8.42. The molecule has 0 heterocycles. The van der Waals surface area contributed by atoms with Crippen LogP contribution in [0.3, 0.4) is 0 Å². The Kier molecular flexibility index (Phi) is 7.49. The normalized spacial score (nSPS) is 12.7. The second kappa shape index (κ2) is 8.88. The van der Waals surface area contributed by atoms with Crippen LogP contribution in [-0.4, -0.2) is 24.3 Å². The number of carbonyl (C=O) groups excluding carboxylic acids is 1. The third-order valence-corrected chi connectivity index (χ3v) is 3.74. The van der Waals surface area contributed by atoms with Gasteiger partial charge in [0, 0.05) is 0 Å². The first kappa shape index (κ1) is 20.2. The number of phenolic OH excluding ortho intramolecular Hbond substituents is 1. The highest BCUT2D eigenvalue weighted by Gasteiger charge is 2.24. The number of aryl methyl sites for hydroxylation is 1. The second-order valence-electron chi connectivity index (χ2n) is 7.02. The van der Waals surface area contributed by atoms with Gasteiger partial charge in [-0.2, -0.15) is 0 Å². The van der Waals surface area contributed by atoms with E-state index in [0.29, 0.717) is 19.0 Å². The van der Waals surface area contributed by atoms with E-state index in [9.17, 15) is 9.90 Å². The van der Waals surface area contributed by atoms with Crippen molar-refractivity contribution >= 4 is 5.97 Å². The fourth-order valence-electron chi connectivity index (χ4n) is 2.45. The van der Waals surface area contributed by atoms with E-state index >= 15 is 0 Å². The van der Waals surface area contributed by atoms with Gasteiger partial charge in [-0.05, 0) is 47.6 Å². The Balaban J connectivity index is 3.15. The average molecular weight is 334 g/mol. The van der Waals surface area contributed by atoms with Gasteiger partial charge in [0.2, 0.25) is 0 Å². The maximum Gasteiger partial charge on any atom is 0.308 e. The molecule has 0 saturated heterocycles. The molecule has 4 nitrogen and oxygen atoms in total. The Morgan fingerprint density at radius 2 is 2.04 bits per heavy atom. The highest BCUT2D eigenvalue weighted by molar-refractivity contribution is 5.70. The van der Waals surface area contributed by atoms with Crippen molar-refractivity contribution in [1.29, 1.82) is 0 Å². The molecule has 0 radical (unpaired) electrons. The average Bonchev–Trinajstić information content (AvgIpc) is 2.50. The number of esters is 1. The maximum atomic E-state index is 12.0. The summed E-state index contributed by atoms with van der Waals surface area (Å²) >= 11 is 0. The van der Waals surface area contributed by atoms with E-state index in [1.54, 1.807) is 6.08 Å². The predicted octanol–water partition coefficient (Wildman–Crippen LogP) is 4.59. The molecule has 0 spiro atoms. The van der Waals surface area contributed by atoms with Crippen molar-refractivity contribution < 1.29 is 19.4 Å². The standard InChI is InChI=1S/C20H30O4/c1-7-9-23-17(13-18(21)24-10-8-2)15-11-14(3)19(22)16(12-15)20(4,5)6/h7,11-12,17,22H,1,8-10,13H2,2-6H3. The lowest BCUT2D eigenvalue weighted by Gasteiger charge is -2.25. The van der Waals surface area contributed by atoms with E-state index in [0.717, 1.165) is 23.1 Å². The molecule has 1 N–H and O–H groups in total. The van der Waals surface area contributed by atoms with E-state index in [2.05, 4.69) is 6.58 Å². The minimum Gasteiger partial charge on any atom is -0.507 e. The lowest BCUT2D eigenvalue weighted by atomic mass is 9.83. The van der Waals surface area contributed by atoms with Crippen LogP contribution in [-0.2, 0) is 19.7 Å². The van der Waals surface area contributed by atoms with Gasteiger partial charge in [0.25, 0.3) is 0 Å². The van der Waals surface area contributed by atoms with E-state index in [1.807, 2.05) is 46.8 Å². The number of phenols is 1. The number of benzene rings is 1. The van der Waals surface area contributed by atoms with Crippen LogP contribution in [0.15, 0.2) is 24.8 Å². The van der Waals surface area contributed by atoms with Crippen LogP contribution in [0.1, 0.15) is 63.3 Å². The smallest absolute Gasteiger partial charge is 0.308 e. The molecule has 1 aromatic carbocycles. The first-order chi connectivity index (χ1) is 11.2. The van der Waals surface area contributed by atoms with Crippen LogP contribution in [0.2, 0.25) is 0 Å². The van der Waals surface area contributed by atoms with Crippen molar-refractivity contribution in [2.75, 3.05) is 13.2 Å². The summed E-state index contributed by atoms with van der Waals surface area (Å²) < 4.78 is 11.0. The molecule has 1 atom stereocenters. The SMILES string of the molecule is C=CCOC(CC(=O)OCCC)c1cc(C)c(O)c(C(C)(C)C)c1. The number of hydrogen-bond acceptors (Lipinski definition) is 4. The Hall–Kier alpha value is -1.81. The molecule has 0 aliphatic heterocycles. The van der Waals surface area contributed by atoms with Crippen molar-refractivity contribution in [1.82, 2.24) is 0 Å². The quantitative estimate of drug-likeness (QED) is 0.558. The molecule has 1 aromatic rings. The molecule has 0 saturated carbocycles. The van der Waals surface area contributed by atoms with Gasteiger partial charge < -0.3 is 14.6 Å². The number of ether oxygens (including phenoxy) is 2. The molecular formula is C20H30O4. The second-order valence-corrected chi connectivity index (χ2v) is 7.02. The highest BCUT2D eigenvalue weighted by Crippen LogP contribution is 2.36. The van der Waals surface area contributed by atoms with Gasteiger partial charge >= 0.3 is 5.97 Å². The van der Waals surface area contributed by atoms with Gasteiger partial charge in [-0.15, -0.1) is 6.58 Å². The molecule has 1 unspecified atom stereocenters. The van der Waals surface area contributed by atoms with Crippen molar-refractivity contribution in [3.63, 3.8) is 0 Å². The van der Waals surface area contributed by atoms with Gasteiger partial charge in [0.15, 0.2) is 0 Å². The van der Waals surface area contributed by atoms with Gasteiger partial charge in [0.1, 0.15) is 5.75 Å².